The lowest BCUT2D eigenvalue weighted by Gasteiger charge is -2.13. The van der Waals surface area contributed by atoms with Gasteiger partial charge < -0.3 is 4.57 Å². The van der Waals surface area contributed by atoms with Crippen molar-refractivity contribution in [2.24, 2.45) is 12.9 Å². The minimum atomic E-state index is 0.183. The number of rotatable bonds is 5. The Labute approximate surface area is 113 Å². The van der Waals surface area contributed by atoms with E-state index in [0.717, 1.165) is 23.1 Å². The van der Waals surface area contributed by atoms with Gasteiger partial charge in [0.1, 0.15) is 5.82 Å². The molecule has 2 heterocycles. The highest BCUT2D eigenvalue weighted by molar-refractivity contribution is 9.10. The van der Waals surface area contributed by atoms with Crippen LogP contribution in [0.15, 0.2) is 28.3 Å². The van der Waals surface area contributed by atoms with E-state index in [0.29, 0.717) is 0 Å². The quantitative estimate of drug-likeness (QED) is 0.658. The predicted octanol–water partition coefficient (Wildman–Crippen LogP) is 2.38. The number of nitrogens with two attached hydrogens (primary N) is 1. The summed E-state index contributed by atoms with van der Waals surface area (Å²) in [5, 5.41) is 2.07. The van der Waals surface area contributed by atoms with Crippen molar-refractivity contribution in [3.05, 3.63) is 39.0 Å². The summed E-state index contributed by atoms with van der Waals surface area (Å²) in [6.45, 7) is 0. The van der Waals surface area contributed by atoms with E-state index >= 15 is 0 Å². The maximum absolute atomic E-state index is 5.61. The van der Waals surface area contributed by atoms with E-state index in [4.69, 9.17) is 5.84 Å². The normalized spacial score (nSPS) is 12.9. The summed E-state index contributed by atoms with van der Waals surface area (Å²) in [5.41, 5.74) is 2.87. The molecular weight excluding hydrogens is 300 g/mol. The molecule has 1 unspecified atom stereocenters. The van der Waals surface area contributed by atoms with Crippen LogP contribution >= 0.6 is 27.3 Å². The Kier molecular flexibility index (Phi) is 4.33. The van der Waals surface area contributed by atoms with Crippen molar-refractivity contribution in [2.75, 3.05) is 0 Å². The second-order valence-corrected chi connectivity index (χ2v) is 5.74. The van der Waals surface area contributed by atoms with Gasteiger partial charge in [-0.3, -0.25) is 11.3 Å². The first-order valence-corrected chi connectivity index (χ1v) is 7.04. The first-order chi connectivity index (χ1) is 8.20. The Morgan fingerprint density at radius 1 is 1.65 bits per heavy atom. The minimum absolute atomic E-state index is 0.183. The van der Waals surface area contributed by atoms with Gasteiger partial charge in [0.05, 0.1) is 6.04 Å². The second kappa shape index (κ2) is 5.77. The number of hydrogen-bond donors (Lipinski definition) is 2. The van der Waals surface area contributed by atoms with Crippen molar-refractivity contribution in [2.45, 2.75) is 18.9 Å². The molecule has 0 aliphatic heterocycles. The van der Waals surface area contributed by atoms with Crippen LogP contribution in [0.4, 0.5) is 0 Å². The summed E-state index contributed by atoms with van der Waals surface area (Å²) >= 11 is 5.16. The van der Waals surface area contributed by atoms with Crippen LogP contribution in [0.5, 0.6) is 0 Å². The number of hydrazine groups is 1. The van der Waals surface area contributed by atoms with Crippen molar-refractivity contribution in [1.29, 1.82) is 0 Å². The molecule has 1 atom stereocenters. The molecular formula is C11H15BrN4S. The molecule has 2 rings (SSSR count). The number of nitrogens with zero attached hydrogens (tertiary/aromatic N) is 2. The molecule has 4 nitrogen and oxygen atoms in total. The summed E-state index contributed by atoms with van der Waals surface area (Å²) in [7, 11) is 2.01. The third-order valence-corrected chi connectivity index (χ3v) is 4.52. The van der Waals surface area contributed by atoms with Gasteiger partial charge >= 0.3 is 0 Å². The van der Waals surface area contributed by atoms with Gasteiger partial charge in [-0.25, -0.2) is 4.98 Å². The third kappa shape index (κ3) is 3.16. The Bertz CT molecular complexity index is 479. The van der Waals surface area contributed by atoms with Crippen LogP contribution in [0.2, 0.25) is 0 Å². The monoisotopic (exact) mass is 314 g/mol. The van der Waals surface area contributed by atoms with Crippen molar-refractivity contribution in [3.8, 4) is 0 Å². The molecule has 0 amide bonds. The maximum atomic E-state index is 5.61. The summed E-state index contributed by atoms with van der Waals surface area (Å²) < 4.78 is 3.15. The number of hydrogen-bond acceptors (Lipinski definition) is 4. The molecule has 0 aliphatic rings. The van der Waals surface area contributed by atoms with Crippen molar-refractivity contribution in [1.82, 2.24) is 15.0 Å². The lowest BCUT2D eigenvalue weighted by molar-refractivity contribution is 0.513. The van der Waals surface area contributed by atoms with Crippen LogP contribution < -0.4 is 11.3 Å². The average Bonchev–Trinajstić information content (AvgIpc) is 2.90. The molecule has 0 aliphatic carbocycles. The first-order valence-electron chi connectivity index (χ1n) is 5.37. The number of thiophene rings is 1. The smallest absolute Gasteiger partial charge is 0.108 e. The standard InChI is InChI=1S/C11H15BrN4S/c1-16-5-4-14-11(16)3-2-9(15-13)10-6-8(12)7-17-10/h4-7,9,15H,2-3,13H2,1H3. The largest absolute Gasteiger partial charge is 0.338 e. The molecule has 2 aromatic rings. The molecule has 0 fully saturated rings. The van der Waals surface area contributed by atoms with Gasteiger partial charge in [0.2, 0.25) is 0 Å². The Morgan fingerprint density at radius 2 is 2.47 bits per heavy atom. The Hall–Kier alpha value is -0.690. The zero-order valence-electron chi connectivity index (χ0n) is 9.56. The first kappa shape index (κ1) is 12.8. The Morgan fingerprint density at radius 3 is 3.00 bits per heavy atom. The lowest BCUT2D eigenvalue weighted by atomic mass is 10.1. The van der Waals surface area contributed by atoms with E-state index < -0.39 is 0 Å². The molecule has 0 saturated carbocycles. The third-order valence-electron chi connectivity index (χ3n) is 2.71. The highest BCUT2D eigenvalue weighted by atomic mass is 79.9. The van der Waals surface area contributed by atoms with Gasteiger partial charge in [0.15, 0.2) is 0 Å². The summed E-state index contributed by atoms with van der Waals surface area (Å²) in [6.07, 6.45) is 5.63. The van der Waals surface area contributed by atoms with E-state index in [-0.39, 0.29) is 6.04 Å². The van der Waals surface area contributed by atoms with Crippen LogP contribution in [-0.4, -0.2) is 9.55 Å². The Balaban J connectivity index is 1.99. The summed E-state index contributed by atoms with van der Waals surface area (Å²) in [4.78, 5) is 5.55. The zero-order valence-corrected chi connectivity index (χ0v) is 12.0. The fraction of sp³-hybridized carbons (Fsp3) is 0.364. The van der Waals surface area contributed by atoms with Gasteiger partial charge in [-0.1, -0.05) is 0 Å². The molecule has 92 valence electrons. The van der Waals surface area contributed by atoms with Crippen LogP contribution in [0.1, 0.15) is 23.2 Å². The summed E-state index contributed by atoms with van der Waals surface area (Å²) in [5.74, 6) is 6.69. The van der Waals surface area contributed by atoms with E-state index in [9.17, 15) is 0 Å². The molecule has 0 aromatic carbocycles. The number of halogens is 1. The van der Waals surface area contributed by atoms with Gasteiger partial charge in [-0.2, -0.15) is 0 Å². The molecule has 0 spiro atoms. The number of aryl methyl sites for hydroxylation is 2. The topological polar surface area (TPSA) is 55.9 Å². The number of nitrogens with one attached hydrogen (secondary N) is 1. The highest BCUT2D eigenvalue weighted by Crippen LogP contribution is 2.27. The highest BCUT2D eigenvalue weighted by Gasteiger charge is 2.13. The van der Waals surface area contributed by atoms with E-state index in [2.05, 4.69) is 37.8 Å². The van der Waals surface area contributed by atoms with Gasteiger partial charge in [0.25, 0.3) is 0 Å². The van der Waals surface area contributed by atoms with Crippen LogP contribution in [0.25, 0.3) is 0 Å². The second-order valence-electron chi connectivity index (χ2n) is 3.88. The zero-order chi connectivity index (χ0) is 12.3. The van der Waals surface area contributed by atoms with Crippen LogP contribution in [-0.2, 0) is 13.5 Å². The van der Waals surface area contributed by atoms with Crippen LogP contribution in [0.3, 0.4) is 0 Å². The maximum Gasteiger partial charge on any atom is 0.108 e. The SMILES string of the molecule is Cn1ccnc1CCC(NN)c1cc(Br)cs1. The lowest BCUT2D eigenvalue weighted by Crippen LogP contribution is -2.28. The molecule has 0 radical (unpaired) electrons. The molecule has 2 aromatic heterocycles. The average molecular weight is 315 g/mol. The van der Waals surface area contributed by atoms with Gasteiger partial charge in [0, 0.05) is 40.6 Å². The molecule has 6 heteroatoms. The van der Waals surface area contributed by atoms with Crippen molar-refractivity contribution >= 4 is 27.3 Å². The van der Waals surface area contributed by atoms with Crippen molar-refractivity contribution < 1.29 is 0 Å². The molecule has 3 N–H and O–H groups in total. The molecule has 0 bridgehead atoms. The molecule has 17 heavy (non-hydrogen) atoms. The van der Waals surface area contributed by atoms with E-state index in [1.807, 2.05) is 24.0 Å². The summed E-state index contributed by atoms with van der Waals surface area (Å²) in [6, 6.07) is 2.29. The van der Waals surface area contributed by atoms with E-state index in [1.165, 1.54) is 4.88 Å². The minimum Gasteiger partial charge on any atom is -0.338 e. The van der Waals surface area contributed by atoms with Gasteiger partial charge in [-0.05, 0) is 28.4 Å². The van der Waals surface area contributed by atoms with E-state index in [1.54, 1.807) is 11.3 Å². The van der Waals surface area contributed by atoms with Gasteiger partial charge in [-0.15, -0.1) is 11.3 Å². The van der Waals surface area contributed by atoms with Crippen molar-refractivity contribution in [3.63, 3.8) is 0 Å². The number of imidazole rings is 1. The predicted molar refractivity (Wildman–Crippen MR) is 73.6 cm³/mol. The van der Waals surface area contributed by atoms with Crippen LogP contribution in [0, 0.1) is 0 Å². The molecule has 0 saturated heterocycles. The fourth-order valence-corrected chi connectivity index (χ4v) is 3.27. The number of aromatic nitrogens is 2. The fourth-order valence-electron chi connectivity index (χ4n) is 1.73.